The summed E-state index contributed by atoms with van der Waals surface area (Å²) < 4.78 is 6.12. The Bertz CT molecular complexity index is 1100. The van der Waals surface area contributed by atoms with Crippen LogP contribution in [-0.4, -0.2) is 33.5 Å². The van der Waals surface area contributed by atoms with Gasteiger partial charge in [-0.1, -0.05) is 48.1 Å². The molecular formula is C21H22ClN3O2S3. The molecule has 0 saturated heterocycles. The molecule has 5 nitrogen and oxygen atoms in total. The van der Waals surface area contributed by atoms with Crippen LogP contribution in [0.1, 0.15) is 30.7 Å². The molecule has 0 fully saturated rings. The van der Waals surface area contributed by atoms with E-state index in [1.54, 1.807) is 23.5 Å². The van der Waals surface area contributed by atoms with Gasteiger partial charge >= 0.3 is 0 Å². The van der Waals surface area contributed by atoms with E-state index < -0.39 is 0 Å². The highest BCUT2D eigenvalue weighted by Gasteiger charge is 2.33. The van der Waals surface area contributed by atoms with Gasteiger partial charge < -0.3 is 10.1 Å². The van der Waals surface area contributed by atoms with E-state index in [0.29, 0.717) is 17.3 Å². The third kappa shape index (κ3) is 4.62. The number of ether oxygens (including phenoxy) is 1. The number of thiophene rings is 1. The fourth-order valence-electron chi connectivity index (χ4n) is 3.34. The Balaban J connectivity index is 1.61. The highest BCUT2D eigenvalue weighted by molar-refractivity contribution is 8.00. The molecule has 0 aliphatic carbocycles. The number of aromatic nitrogens is 2. The summed E-state index contributed by atoms with van der Waals surface area (Å²) in [5.74, 6) is 0.170. The van der Waals surface area contributed by atoms with Gasteiger partial charge in [0.15, 0.2) is 5.16 Å². The molecule has 3 aromatic rings. The second-order valence-corrected chi connectivity index (χ2v) is 10.6. The molecule has 2 aromatic heterocycles. The lowest BCUT2D eigenvalue weighted by molar-refractivity contribution is -0.113. The topological polar surface area (TPSA) is 64.1 Å². The van der Waals surface area contributed by atoms with Crippen LogP contribution in [-0.2, 0) is 22.6 Å². The van der Waals surface area contributed by atoms with E-state index in [1.165, 1.54) is 34.0 Å². The van der Waals surface area contributed by atoms with Gasteiger partial charge in [0.2, 0.25) is 5.91 Å². The van der Waals surface area contributed by atoms with E-state index in [9.17, 15) is 4.79 Å². The number of nitrogens with zero attached hydrogens (tertiary/aromatic N) is 2. The SMILES string of the molecule is CCC1(C)Cc2c(sc3nc(SC)nc(SCC(=O)Nc4cccc(Cl)c4)c23)CO1. The maximum Gasteiger partial charge on any atom is 0.234 e. The van der Waals surface area contributed by atoms with Crippen LogP contribution in [0.5, 0.6) is 0 Å². The molecule has 1 N–H and O–H groups in total. The zero-order valence-electron chi connectivity index (χ0n) is 17.0. The lowest BCUT2D eigenvalue weighted by atomic mass is 9.90. The molecule has 0 radical (unpaired) electrons. The molecular weight excluding hydrogens is 458 g/mol. The van der Waals surface area contributed by atoms with Crippen LogP contribution in [0, 0.1) is 0 Å². The van der Waals surface area contributed by atoms with Crippen molar-refractivity contribution in [3.63, 3.8) is 0 Å². The molecule has 3 heterocycles. The van der Waals surface area contributed by atoms with Crippen LogP contribution < -0.4 is 5.32 Å². The largest absolute Gasteiger partial charge is 0.369 e. The Morgan fingerprint density at radius 2 is 2.23 bits per heavy atom. The first-order valence-corrected chi connectivity index (χ1v) is 13.0. The number of thioether (sulfide) groups is 2. The van der Waals surface area contributed by atoms with Gasteiger partial charge in [0.25, 0.3) is 0 Å². The Kier molecular flexibility index (Phi) is 6.60. The van der Waals surface area contributed by atoms with E-state index in [-0.39, 0.29) is 17.3 Å². The number of hydrogen-bond acceptors (Lipinski definition) is 7. The lowest BCUT2D eigenvalue weighted by Crippen LogP contribution is -2.33. The molecule has 158 valence electrons. The molecule has 1 atom stereocenters. The van der Waals surface area contributed by atoms with Crippen molar-refractivity contribution in [2.75, 3.05) is 17.3 Å². The van der Waals surface area contributed by atoms with Gasteiger partial charge in [-0.15, -0.1) is 11.3 Å². The number of halogens is 1. The molecule has 1 aliphatic heterocycles. The standard InChI is InChI=1S/C21H22ClN3O2S3/c1-4-21(2)9-14-15(10-27-21)30-19-17(14)18(24-20(25-19)28-3)29-11-16(26)23-13-7-5-6-12(22)8-13/h5-8H,4,9-11H2,1-3H3,(H,23,26). The Morgan fingerprint density at radius 3 is 2.97 bits per heavy atom. The van der Waals surface area contributed by atoms with Gasteiger partial charge in [0, 0.05) is 27.4 Å². The predicted molar refractivity (Wildman–Crippen MR) is 127 cm³/mol. The highest BCUT2D eigenvalue weighted by atomic mass is 35.5. The van der Waals surface area contributed by atoms with Gasteiger partial charge in [-0.2, -0.15) is 0 Å². The number of rotatable bonds is 6. The summed E-state index contributed by atoms with van der Waals surface area (Å²) in [6, 6.07) is 7.15. The van der Waals surface area contributed by atoms with E-state index in [1.807, 2.05) is 18.4 Å². The van der Waals surface area contributed by atoms with Crippen molar-refractivity contribution in [2.45, 2.75) is 49.1 Å². The molecule has 0 spiro atoms. The number of carbonyl (C=O) groups excluding carboxylic acids is 1. The van der Waals surface area contributed by atoms with Gasteiger partial charge in [-0.05, 0) is 43.4 Å². The van der Waals surface area contributed by atoms with Gasteiger partial charge in [-0.3, -0.25) is 4.79 Å². The van der Waals surface area contributed by atoms with Crippen LogP contribution >= 0.6 is 46.5 Å². The summed E-state index contributed by atoms with van der Waals surface area (Å²) in [5.41, 5.74) is 1.79. The number of fused-ring (bicyclic) bond motifs is 3. The fourth-order valence-corrected chi connectivity index (χ4v) is 6.03. The summed E-state index contributed by atoms with van der Waals surface area (Å²) in [6.07, 6.45) is 3.74. The summed E-state index contributed by atoms with van der Waals surface area (Å²) in [6.45, 7) is 4.91. The van der Waals surface area contributed by atoms with Crippen LogP contribution in [0.2, 0.25) is 5.02 Å². The smallest absolute Gasteiger partial charge is 0.234 e. The molecule has 1 aliphatic rings. The van der Waals surface area contributed by atoms with Crippen molar-refractivity contribution >= 4 is 68.3 Å². The first kappa shape index (κ1) is 21.9. The highest BCUT2D eigenvalue weighted by Crippen LogP contribution is 2.43. The summed E-state index contributed by atoms with van der Waals surface area (Å²) in [7, 11) is 0. The third-order valence-corrected chi connectivity index (χ3v) is 8.02. The average molecular weight is 480 g/mol. The number of anilines is 1. The number of nitrogens with one attached hydrogen (secondary N) is 1. The van der Waals surface area contributed by atoms with Crippen LogP contribution in [0.15, 0.2) is 34.4 Å². The van der Waals surface area contributed by atoms with E-state index in [2.05, 4.69) is 19.2 Å². The van der Waals surface area contributed by atoms with Gasteiger partial charge in [0.1, 0.15) is 9.86 Å². The first-order chi connectivity index (χ1) is 14.4. The molecule has 1 aromatic carbocycles. The van der Waals surface area contributed by atoms with Gasteiger partial charge in [-0.25, -0.2) is 9.97 Å². The monoisotopic (exact) mass is 479 g/mol. The Hall–Kier alpha value is -1.32. The zero-order valence-corrected chi connectivity index (χ0v) is 20.2. The summed E-state index contributed by atoms with van der Waals surface area (Å²) in [5, 5.41) is 6.15. The average Bonchev–Trinajstić information content (AvgIpc) is 3.09. The first-order valence-electron chi connectivity index (χ1n) is 9.59. The summed E-state index contributed by atoms with van der Waals surface area (Å²) >= 11 is 10.6. The van der Waals surface area contributed by atoms with Crippen LogP contribution in [0.3, 0.4) is 0 Å². The normalized spacial score (nSPS) is 18.4. The molecule has 1 unspecified atom stereocenters. The molecule has 4 rings (SSSR count). The minimum Gasteiger partial charge on any atom is -0.369 e. The lowest BCUT2D eigenvalue weighted by Gasteiger charge is -2.33. The number of benzene rings is 1. The second-order valence-electron chi connectivity index (χ2n) is 7.32. The molecule has 1 amide bonds. The number of hydrogen-bond donors (Lipinski definition) is 1. The Labute approximate surface area is 193 Å². The second kappa shape index (κ2) is 9.04. The van der Waals surface area contributed by atoms with Crippen molar-refractivity contribution in [1.29, 1.82) is 0 Å². The van der Waals surface area contributed by atoms with Crippen molar-refractivity contribution < 1.29 is 9.53 Å². The van der Waals surface area contributed by atoms with E-state index in [0.717, 1.165) is 33.2 Å². The minimum atomic E-state index is -0.176. The van der Waals surface area contributed by atoms with Crippen molar-refractivity contribution in [1.82, 2.24) is 9.97 Å². The minimum absolute atomic E-state index is 0.0921. The van der Waals surface area contributed by atoms with Gasteiger partial charge in [0.05, 0.1) is 18.0 Å². The molecule has 0 saturated carbocycles. The summed E-state index contributed by atoms with van der Waals surface area (Å²) in [4.78, 5) is 24.2. The van der Waals surface area contributed by atoms with Crippen molar-refractivity contribution in [3.8, 4) is 0 Å². The van der Waals surface area contributed by atoms with Crippen LogP contribution in [0.25, 0.3) is 10.2 Å². The molecule has 9 heteroatoms. The van der Waals surface area contributed by atoms with E-state index >= 15 is 0 Å². The maximum atomic E-state index is 12.5. The quantitative estimate of drug-likeness (QED) is 0.264. The molecule has 30 heavy (non-hydrogen) atoms. The van der Waals surface area contributed by atoms with E-state index in [4.69, 9.17) is 26.3 Å². The maximum absolute atomic E-state index is 12.5. The number of amides is 1. The zero-order chi connectivity index (χ0) is 21.3. The number of carbonyl (C=O) groups is 1. The van der Waals surface area contributed by atoms with Crippen molar-refractivity contribution in [3.05, 3.63) is 39.7 Å². The van der Waals surface area contributed by atoms with Crippen LogP contribution in [0.4, 0.5) is 5.69 Å². The third-order valence-electron chi connectivity index (χ3n) is 5.16. The predicted octanol–water partition coefficient (Wildman–Crippen LogP) is 6.04. The fraction of sp³-hybridized carbons (Fsp3) is 0.381. The Morgan fingerprint density at radius 1 is 1.40 bits per heavy atom. The van der Waals surface area contributed by atoms with Crippen molar-refractivity contribution in [2.24, 2.45) is 0 Å². The molecule has 0 bridgehead atoms.